The van der Waals surface area contributed by atoms with Crippen molar-refractivity contribution in [3.05, 3.63) is 11.8 Å². The van der Waals surface area contributed by atoms with Crippen molar-refractivity contribution in [2.45, 2.75) is 6.92 Å². The summed E-state index contributed by atoms with van der Waals surface area (Å²) in [6, 6.07) is 1.67. The van der Waals surface area contributed by atoms with Gasteiger partial charge in [-0.05, 0) is 6.92 Å². The van der Waals surface area contributed by atoms with Crippen LogP contribution in [0.4, 0.5) is 5.82 Å². The smallest absolute Gasteiger partial charge is 0.167 e. The lowest BCUT2D eigenvalue weighted by Crippen LogP contribution is -1.79. The van der Waals surface area contributed by atoms with Crippen LogP contribution in [0.2, 0.25) is 0 Å². The van der Waals surface area contributed by atoms with Crippen LogP contribution >= 0.6 is 12.4 Å². The molecule has 1 heterocycles. The van der Waals surface area contributed by atoms with Gasteiger partial charge in [-0.25, -0.2) is 5.90 Å². The zero-order chi connectivity index (χ0) is 7.28. The highest BCUT2D eigenvalue weighted by molar-refractivity contribution is 5.85. The third kappa shape index (κ3) is 4.13. The molecule has 0 bridgehead atoms. The summed E-state index contributed by atoms with van der Waals surface area (Å²) in [5.74, 6) is 4.69. The minimum absolute atomic E-state index is 0. The minimum Gasteiger partial charge on any atom is -0.381 e. The van der Waals surface area contributed by atoms with E-state index in [1.54, 1.807) is 13.0 Å². The number of nitrogen functional groups attached to an aromatic ring is 1. The van der Waals surface area contributed by atoms with Gasteiger partial charge < -0.3 is 15.5 Å². The molecule has 0 saturated carbocycles. The molecule has 1 aromatic rings. The fourth-order valence-corrected chi connectivity index (χ4v) is 0.386. The second kappa shape index (κ2) is 6.34. The van der Waals surface area contributed by atoms with Crippen molar-refractivity contribution in [1.82, 2.24) is 5.16 Å². The normalized spacial score (nSPS) is 7.10. The molecule has 0 aliphatic rings. The Morgan fingerprint density at radius 2 is 2.10 bits per heavy atom. The van der Waals surface area contributed by atoms with E-state index in [-0.39, 0.29) is 12.4 Å². The average molecular weight is 168 g/mol. The van der Waals surface area contributed by atoms with Gasteiger partial charge in [-0.3, -0.25) is 0 Å². The maximum absolute atomic E-state index is 6.50. The van der Waals surface area contributed by atoms with Crippen LogP contribution in [0.1, 0.15) is 5.76 Å². The number of nitrogens with two attached hydrogens (primary N) is 2. The van der Waals surface area contributed by atoms with Crippen LogP contribution in [-0.4, -0.2) is 10.4 Å². The first-order valence-electron chi connectivity index (χ1n) is 2.23. The molecule has 10 heavy (non-hydrogen) atoms. The third-order valence-electron chi connectivity index (χ3n) is 0.646. The fourth-order valence-electron chi connectivity index (χ4n) is 0.386. The second-order valence-corrected chi connectivity index (χ2v) is 1.36. The summed E-state index contributed by atoms with van der Waals surface area (Å²) in [6.45, 7) is 1.80. The lowest BCUT2D eigenvalue weighted by Gasteiger charge is -1.65. The molecule has 5 nitrogen and oxygen atoms in total. The van der Waals surface area contributed by atoms with E-state index >= 15 is 0 Å². The summed E-state index contributed by atoms with van der Waals surface area (Å²) in [6.07, 6.45) is 0. The summed E-state index contributed by atoms with van der Waals surface area (Å²) < 4.78 is 4.59. The minimum atomic E-state index is 0. The first-order valence-corrected chi connectivity index (χ1v) is 2.23. The molecular formula is C4H10ClN3O2. The van der Waals surface area contributed by atoms with Crippen LogP contribution in [0.25, 0.3) is 0 Å². The Kier molecular flexibility index (Phi) is 7.58. The summed E-state index contributed by atoms with van der Waals surface area (Å²) in [7, 11) is 0. The van der Waals surface area contributed by atoms with Gasteiger partial charge in [0.1, 0.15) is 5.76 Å². The van der Waals surface area contributed by atoms with Gasteiger partial charge in [0, 0.05) is 6.07 Å². The monoisotopic (exact) mass is 167 g/mol. The molecule has 5 N–H and O–H groups in total. The van der Waals surface area contributed by atoms with E-state index in [9.17, 15) is 0 Å². The molecule has 0 saturated heterocycles. The van der Waals surface area contributed by atoms with E-state index in [2.05, 4.69) is 15.6 Å². The topological polar surface area (TPSA) is 98.3 Å². The number of hydrogen-bond donors (Lipinski definition) is 3. The van der Waals surface area contributed by atoms with E-state index < -0.39 is 0 Å². The number of halogens is 1. The summed E-state index contributed by atoms with van der Waals surface area (Å²) >= 11 is 0. The molecule has 0 spiro atoms. The van der Waals surface area contributed by atoms with Gasteiger partial charge in [0.25, 0.3) is 0 Å². The van der Waals surface area contributed by atoms with E-state index in [1.807, 2.05) is 0 Å². The van der Waals surface area contributed by atoms with Crippen molar-refractivity contribution in [2.24, 2.45) is 5.90 Å². The van der Waals surface area contributed by atoms with Crippen molar-refractivity contribution < 1.29 is 9.73 Å². The predicted molar refractivity (Wildman–Crippen MR) is 38.9 cm³/mol. The van der Waals surface area contributed by atoms with Crippen molar-refractivity contribution >= 4 is 18.2 Å². The van der Waals surface area contributed by atoms with Crippen LogP contribution in [0.5, 0.6) is 0 Å². The standard InChI is InChI=1S/C4H6N2O.ClH.H3NO/c1-3-2-4(5)6-7-3;;1-2/h2H,1H3,(H2,5,6);1H;2H,1H2. The Labute approximate surface area is 64.3 Å². The number of nitrogens with zero attached hydrogens (tertiary/aromatic N) is 1. The van der Waals surface area contributed by atoms with Gasteiger partial charge in [-0.15, -0.1) is 12.4 Å². The highest BCUT2D eigenvalue weighted by Crippen LogP contribution is 2.00. The molecule has 0 aliphatic carbocycles. The summed E-state index contributed by atoms with van der Waals surface area (Å²) in [5, 5.41) is 9.92. The van der Waals surface area contributed by atoms with Crippen molar-refractivity contribution in [1.29, 1.82) is 0 Å². The van der Waals surface area contributed by atoms with Crippen LogP contribution in [0, 0.1) is 6.92 Å². The van der Waals surface area contributed by atoms with E-state index in [0.717, 1.165) is 5.76 Å². The molecular weight excluding hydrogens is 158 g/mol. The van der Waals surface area contributed by atoms with Crippen molar-refractivity contribution in [3.8, 4) is 0 Å². The summed E-state index contributed by atoms with van der Waals surface area (Å²) in [5.41, 5.74) is 5.17. The van der Waals surface area contributed by atoms with E-state index in [1.165, 1.54) is 0 Å². The van der Waals surface area contributed by atoms with Gasteiger partial charge >= 0.3 is 0 Å². The molecule has 1 rings (SSSR count). The molecule has 0 amide bonds. The average Bonchev–Trinajstić information content (AvgIpc) is 2.20. The first-order chi connectivity index (χ1) is 4.29. The third-order valence-corrected chi connectivity index (χ3v) is 0.646. The van der Waals surface area contributed by atoms with Gasteiger partial charge in [-0.2, -0.15) is 0 Å². The molecule has 0 aromatic carbocycles. The number of rotatable bonds is 0. The number of aromatic nitrogens is 1. The highest BCUT2D eigenvalue weighted by atomic mass is 35.5. The maximum Gasteiger partial charge on any atom is 0.167 e. The largest absolute Gasteiger partial charge is 0.381 e. The Morgan fingerprint density at radius 1 is 1.60 bits per heavy atom. The quantitative estimate of drug-likeness (QED) is 0.484. The Bertz CT molecular complexity index is 151. The molecule has 0 fully saturated rings. The van der Waals surface area contributed by atoms with Crippen LogP contribution in [0.15, 0.2) is 10.6 Å². The van der Waals surface area contributed by atoms with Crippen molar-refractivity contribution in [2.75, 3.05) is 5.73 Å². The van der Waals surface area contributed by atoms with Crippen molar-refractivity contribution in [3.63, 3.8) is 0 Å². The van der Waals surface area contributed by atoms with Crippen LogP contribution < -0.4 is 11.6 Å². The Balaban J connectivity index is 0. The number of aryl methyl sites for hydroxylation is 1. The lowest BCUT2D eigenvalue weighted by molar-refractivity contribution is 0.311. The number of hydrogen-bond acceptors (Lipinski definition) is 5. The molecule has 6 heteroatoms. The summed E-state index contributed by atoms with van der Waals surface area (Å²) in [4.78, 5) is 0. The van der Waals surface area contributed by atoms with Crippen LogP contribution in [0.3, 0.4) is 0 Å². The Hall–Kier alpha value is -0.780. The molecule has 0 unspecified atom stereocenters. The van der Waals surface area contributed by atoms with Gasteiger partial charge in [0.15, 0.2) is 5.82 Å². The molecule has 1 aromatic heterocycles. The second-order valence-electron chi connectivity index (χ2n) is 1.36. The lowest BCUT2D eigenvalue weighted by atomic mass is 10.5. The maximum atomic E-state index is 6.50. The first kappa shape index (κ1) is 12.0. The van der Waals surface area contributed by atoms with Crippen LogP contribution in [-0.2, 0) is 0 Å². The molecule has 0 atom stereocenters. The fraction of sp³-hybridized carbons (Fsp3) is 0.250. The predicted octanol–water partition coefficient (Wildman–Crippen LogP) is 0.321. The van der Waals surface area contributed by atoms with E-state index in [0.29, 0.717) is 5.82 Å². The zero-order valence-corrected chi connectivity index (χ0v) is 6.26. The SMILES string of the molecule is Cc1cc(N)no1.Cl.NO. The van der Waals surface area contributed by atoms with Gasteiger partial charge in [0.05, 0.1) is 0 Å². The highest BCUT2D eigenvalue weighted by Gasteiger charge is 1.88. The molecule has 0 radical (unpaired) electrons. The Morgan fingerprint density at radius 3 is 2.20 bits per heavy atom. The number of anilines is 1. The van der Waals surface area contributed by atoms with Gasteiger partial charge in [0.2, 0.25) is 0 Å². The molecule has 0 aliphatic heterocycles. The van der Waals surface area contributed by atoms with E-state index in [4.69, 9.17) is 10.9 Å². The van der Waals surface area contributed by atoms with Gasteiger partial charge in [-0.1, -0.05) is 5.16 Å². The zero-order valence-electron chi connectivity index (χ0n) is 5.44. The molecule has 60 valence electrons.